The van der Waals surface area contributed by atoms with Gasteiger partial charge < -0.3 is 14.8 Å². The van der Waals surface area contributed by atoms with Crippen molar-refractivity contribution in [2.75, 3.05) is 32.7 Å². The Bertz CT molecular complexity index is 1140. The van der Waals surface area contributed by atoms with Crippen LogP contribution in [0.3, 0.4) is 0 Å². The number of hydrogen-bond acceptors (Lipinski definition) is 4. The van der Waals surface area contributed by atoms with Gasteiger partial charge in [0.25, 0.3) is 5.56 Å². The summed E-state index contributed by atoms with van der Waals surface area (Å²) in [4.78, 5) is 28.7. The lowest BCUT2D eigenvalue weighted by molar-refractivity contribution is 0.152. The topological polar surface area (TPSA) is 75.1 Å². The number of aromatic amines is 1. The maximum absolute atomic E-state index is 12.3. The fourth-order valence-corrected chi connectivity index (χ4v) is 5.12. The van der Waals surface area contributed by atoms with Gasteiger partial charge in [-0.3, -0.25) is 14.3 Å². The first-order valence-electron chi connectivity index (χ1n) is 11.0. The molecule has 2 fully saturated rings. The molecule has 31 heavy (non-hydrogen) atoms. The largest absolute Gasteiger partial charge is 0.344 e. The Hall–Kier alpha value is -2.35. The molecule has 4 heterocycles. The number of hydrogen-bond donors (Lipinski definition) is 2. The second-order valence-corrected chi connectivity index (χ2v) is 8.64. The van der Waals surface area contributed by atoms with Crippen molar-refractivity contribution in [2.24, 2.45) is 5.92 Å². The zero-order valence-corrected chi connectivity index (χ0v) is 18.4. The first kappa shape index (κ1) is 21.9. The summed E-state index contributed by atoms with van der Waals surface area (Å²) in [5.41, 5.74) is 1.16. The number of halogens is 1. The van der Waals surface area contributed by atoms with Crippen molar-refractivity contribution in [3.05, 3.63) is 63.6 Å². The highest BCUT2D eigenvalue weighted by molar-refractivity contribution is 5.88. The zero-order valence-electron chi connectivity index (χ0n) is 17.6. The summed E-state index contributed by atoms with van der Waals surface area (Å²) in [5, 5.41) is 4.49. The molecular formula is C23H30ClN5O2. The van der Waals surface area contributed by atoms with Gasteiger partial charge in [0.05, 0.1) is 11.2 Å². The number of nitrogens with zero attached hydrogens (tertiary/aromatic N) is 3. The van der Waals surface area contributed by atoms with E-state index in [4.69, 9.17) is 0 Å². The van der Waals surface area contributed by atoms with Gasteiger partial charge in [0, 0.05) is 49.5 Å². The number of fused-ring (bicyclic) bond motifs is 1. The fourth-order valence-electron chi connectivity index (χ4n) is 5.12. The molecule has 0 bridgehead atoms. The molecule has 3 aromatic rings. The van der Waals surface area contributed by atoms with E-state index in [1.165, 1.54) is 30.0 Å². The average Bonchev–Trinajstić information content (AvgIpc) is 3.20. The van der Waals surface area contributed by atoms with Crippen LogP contribution in [0.15, 0.2) is 52.3 Å². The molecule has 0 saturated carbocycles. The second-order valence-electron chi connectivity index (χ2n) is 8.64. The number of aromatic nitrogens is 3. The molecule has 5 rings (SSSR count). The Morgan fingerprint density at radius 3 is 2.45 bits per heavy atom. The molecule has 0 unspecified atom stereocenters. The van der Waals surface area contributed by atoms with Crippen molar-refractivity contribution in [1.82, 2.24) is 24.3 Å². The third kappa shape index (κ3) is 4.49. The average molecular weight is 444 g/mol. The zero-order chi connectivity index (χ0) is 20.5. The first-order valence-corrected chi connectivity index (χ1v) is 11.0. The molecule has 2 aliphatic rings. The molecule has 2 aromatic heterocycles. The second kappa shape index (κ2) is 9.42. The van der Waals surface area contributed by atoms with Gasteiger partial charge in [-0.2, -0.15) is 0 Å². The maximum atomic E-state index is 12.3. The van der Waals surface area contributed by atoms with Crippen LogP contribution in [0.25, 0.3) is 16.6 Å². The lowest BCUT2D eigenvalue weighted by atomic mass is 9.96. The third-order valence-corrected chi connectivity index (χ3v) is 6.75. The molecule has 166 valence electrons. The Balaban J connectivity index is 0.00000231. The van der Waals surface area contributed by atoms with Crippen molar-refractivity contribution in [3.63, 3.8) is 0 Å². The molecule has 2 N–H and O–H groups in total. The molecule has 1 aromatic carbocycles. The van der Waals surface area contributed by atoms with Crippen molar-refractivity contribution in [2.45, 2.75) is 31.7 Å². The summed E-state index contributed by atoms with van der Waals surface area (Å²) >= 11 is 0. The number of piperidine rings is 2. The van der Waals surface area contributed by atoms with Gasteiger partial charge in [-0.05, 0) is 62.9 Å². The quantitative estimate of drug-likeness (QED) is 0.649. The molecular weight excluding hydrogens is 414 g/mol. The highest BCUT2D eigenvalue weighted by Gasteiger charge is 2.24. The van der Waals surface area contributed by atoms with Gasteiger partial charge >= 0.3 is 5.69 Å². The Kier molecular flexibility index (Phi) is 6.65. The molecule has 0 spiro atoms. The predicted molar refractivity (Wildman–Crippen MR) is 126 cm³/mol. The minimum absolute atomic E-state index is 0. The summed E-state index contributed by atoms with van der Waals surface area (Å²) < 4.78 is 3.88. The third-order valence-electron chi connectivity index (χ3n) is 6.75. The fraction of sp³-hybridized carbons (Fsp3) is 0.478. The van der Waals surface area contributed by atoms with Crippen LogP contribution in [0.2, 0.25) is 0 Å². The minimum atomic E-state index is -0.408. The number of likely N-dealkylation sites (tertiary alicyclic amines) is 1. The molecule has 2 aliphatic heterocycles. The SMILES string of the molecule is Cl.O=c1ccn(-c2cccc3c2ccn3C2CCN(CC3CCNCC3)CC2)c(=O)[nH]1. The van der Waals surface area contributed by atoms with Crippen molar-refractivity contribution < 1.29 is 0 Å². The van der Waals surface area contributed by atoms with Crippen LogP contribution in [0, 0.1) is 5.92 Å². The maximum Gasteiger partial charge on any atom is 0.332 e. The molecule has 7 nitrogen and oxygen atoms in total. The standard InChI is InChI=1S/C23H29N5O2.ClH/c29-22-9-15-28(23(30)25-22)21-3-1-2-20-19(21)8-14-27(20)18-6-12-26(13-7-18)16-17-4-10-24-11-5-17;/h1-3,8-9,14-15,17-18,24H,4-7,10-13,16H2,(H,25,29,30);1H. The summed E-state index contributed by atoms with van der Waals surface area (Å²) in [6.45, 7) is 5.86. The Labute approximate surface area is 187 Å². The molecule has 0 radical (unpaired) electrons. The molecule has 8 heteroatoms. The van der Waals surface area contributed by atoms with Crippen molar-refractivity contribution in [3.8, 4) is 5.69 Å². The van der Waals surface area contributed by atoms with Crippen molar-refractivity contribution in [1.29, 1.82) is 0 Å². The van der Waals surface area contributed by atoms with Gasteiger partial charge in [-0.1, -0.05) is 6.07 Å². The van der Waals surface area contributed by atoms with E-state index in [1.807, 2.05) is 12.1 Å². The van der Waals surface area contributed by atoms with Crippen LogP contribution in [-0.4, -0.2) is 51.7 Å². The van der Waals surface area contributed by atoms with Crippen LogP contribution in [0.1, 0.15) is 31.7 Å². The summed E-state index contributed by atoms with van der Waals surface area (Å²) in [6.07, 6.45) is 8.60. The van der Waals surface area contributed by atoms with Crippen LogP contribution in [0.5, 0.6) is 0 Å². The van der Waals surface area contributed by atoms with E-state index >= 15 is 0 Å². The van der Waals surface area contributed by atoms with Gasteiger partial charge in [0.2, 0.25) is 0 Å². The number of nitrogens with one attached hydrogen (secondary N) is 2. The smallest absolute Gasteiger partial charge is 0.332 e. The van der Waals surface area contributed by atoms with E-state index in [2.05, 4.69) is 38.1 Å². The minimum Gasteiger partial charge on any atom is -0.344 e. The van der Waals surface area contributed by atoms with Gasteiger partial charge in [0.15, 0.2) is 0 Å². The van der Waals surface area contributed by atoms with E-state index < -0.39 is 5.69 Å². The molecule has 0 atom stereocenters. The van der Waals surface area contributed by atoms with E-state index in [-0.39, 0.29) is 18.0 Å². The number of H-pyrrole nitrogens is 1. The van der Waals surface area contributed by atoms with Crippen LogP contribution in [-0.2, 0) is 0 Å². The summed E-state index contributed by atoms with van der Waals surface area (Å²) in [6, 6.07) is 9.98. The van der Waals surface area contributed by atoms with Crippen molar-refractivity contribution >= 4 is 23.3 Å². The first-order chi connectivity index (χ1) is 14.7. The molecule has 2 saturated heterocycles. The van der Waals surface area contributed by atoms with Gasteiger partial charge in [-0.15, -0.1) is 12.4 Å². The van der Waals surface area contributed by atoms with Gasteiger partial charge in [0.1, 0.15) is 0 Å². The lowest BCUT2D eigenvalue weighted by Crippen LogP contribution is -2.40. The highest BCUT2D eigenvalue weighted by atomic mass is 35.5. The van der Waals surface area contributed by atoms with Crippen LogP contribution >= 0.6 is 12.4 Å². The summed E-state index contributed by atoms with van der Waals surface area (Å²) in [7, 11) is 0. The Morgan fingerprint density at radius 2 is 1.71 bits per heavy atom. The number of benzene rings is 1. The van der Waals surface area contributed by atoms with Gasteiger partial charge in [-0.25, -0.2) is 4.79 Å². The lowest BCUT2D eigenvalue weighted by Gasteiger charge is -2.36. The van der Waals surface area contributed by atoms with E-state index in [1.54, 1.807) is 6.20 Å². The van der Waals surface area contributed by atoms with E-state index in [0.29, 0.717) is 6.04 Å². The molecule has 0 aliphatic carbocycles. The predicted octanol–water partition coefficient (Wildman–Crippen LogP) is 2.54. The summed E-state index contributed by atoms with van der Waals surface area (Å²) in [5.74, 6) is 0.841. The highest BCUT2D eigenvalue weighted by Crippen LogP contribution is 2.30. The number of rotatable bonds is 4. The van der Waals surface area contributed by atoms with E-state index in [0.717, 1.165) is 61.5 Å². The molecule has 0 amide bonds. The normalized spacial score (nSPS) is 18.8. The van der Waals surface area contributed by atoms with Crippen LogP contribution in [0.4, 0.5) is 0 Å². The monoisotopic (exact) mass is 443 g/mol. The van der Waals surface area contributed by atoms with Crippen LogP contribution < -0.4 is 16.6 Å². The Morgan fingerprint density at radius 1 is 0.935 bits per heavy atom. The van der Waals surface area contributed by atoms with E-state index in [9.17, 15) is 9.59 Å².